The number of anilines is 1. The van der Waals surface area contributed by atoms with Crippen molar-refractivity contribution in [3.05, 3.63) is 77.0 Å². The minimum Gasteiger partial charge on any atom is -0.444 e. The zero-order valence-corrected chi connectivity index (χ0v) is 19.4. The van der Waals surface area contributed by atoms with E-state index in [4.69, 9.17) is 4.74 Å². The third-order valence-electron chi connectivity index (χ3n) is 6.23. The molecule has 0 aromatic heterocycles. The molecule has 2 aliphatic rings. The van der Waals surface area contributed by atoms with Crippen LogP contribution in [0.1, 0.15) is 75.6 Å². The Kier molecular flexibility index (Phi) is 6.09. The highest BCUT2D eigenvalue weighted by Crippen LogP contribution is 2.41. The van der Waals surface area contributed by atoms with Gasteiger partial charge < -0.3 is 4.74 Å². The maximum atomic E-state index is 13.8. The molecule has 1 N–H and O–H groups in total. The number of rotatable bonds is 4. The molecule has 2 aromatic carbocycles. The number of nitrogens with zero attached hydrogens (tertiary/aromatic N) is 1. The van der Waals surface area contributed by atoms with Gasteiger partial charge in [0.2, 0.25) is 0 Å². The number of fused-ring (bicyclic) bond motifs is 1. The van der Waals surface area contributed by atoms with Crippen LogP contribution in [0, 0.1) is 0 Å². The molecule has 168 valence electrons. The lowest BCUT2D eigenvalue weighted by Gasteiger charge is -2.33. The standard InChI is InChI=1S/C27H32N2O3/c1-18(19-9-6-5-7-10-19)29-24-17-22(20-11-8-12-20)14-13-21(24)15-16-23(25(29)30)28-26(31)32-27(2,3)4/h5-7,9-10,13-14,16-18,20H,8,11-12,15H2,1-4H3,(H,28,31)/t18-/m0/s1. The number of hydrogen-bond acceptors (Lipinski definition) is 3. The highest BCUT2D eigenvalue weighted by molar-refractivity contribution is 6.08. The molecular weight excluding hydrogens is 400 g/mol. The number of ether oxygens (including phenoxy) is 1. The third-order valence-corrected chi connectivity index (χ3v) is 6.23. The number of hydrogen-bond donors (Lipinski definition) is 1. The fourth-order valence-electron chi connectivity index (χ4n) is 4.29. The quantitative estimate of drug-likeness (QED) is 0.643. The van der Waals surface area contributed by atoms with Crippen LogP contribution in [0.25, 0.3) is 0 Å². The molecule has 1 aliphatic carbocycles. The summed E-state index contributed by atoms with van der Waals surface area (Å²) in [5.41, 5.74) is 3.94. The highest BCUT2D eigenvalue weighted by atomic mass is 16.6. The van der Waals surface area contributed by atoms with Crippen molar-refractivity contribution in [2.75, 3.05) is 4.90 Å². The van der Waals surface area contributed by atoms with E-state index in [0.29, 0.717) is 12.3 Å². The molecule has 1 fully saturated rings. The third kappa shape index (κ3) is 4.72. The molecule has 0 radical (unpaired) electrons. The van der Waals surface area contributed by atoms with Gasteiger partial charge in [-0.2, -0.15) is 0 Å². The van der Waals surface area contributed by atoms with Crippen molar-refractivity contribution >= 4 is 17.7 Å². The van der Waals surface area contributed by atoms with Gasteiger partial charge in [0, 0.05) is 5.69 Å². The van der Waals surface area contributed by atoms with Crippen LogP contribution < -0.4 is 10.2 Å². The Morgan fingerprint density at radius 2 is 1.84 bits per heavy atom. The molecule has 1 saturated carbocycles. The van der Waals surface area contributed by atoms with Crippen molar-refractivity contribution in [3.63, 3.8) is 0 Å². The minimum absolute atomic E-state index is 0.193. The Morgan fingerprint density at radius 1 is 1.12 bits per heavy atom. The molecule has 1 heterocycles. The summed E-state index contributed by atoms with van der Waals surface area (Å²) < 4.78 is 5.40. The zero-order valence-electron chi connectivity index (χ0n) is 19.4. The number of nitrogens with one attached hydrogen (secondary N) is 1. The van der Waals surface area contributed by atoms with Crippen LogP contribution in [0.4, 0.5) is 10.5 Å². The summed E-state index contributed by atoms with van der Waals surface area (Å²) in [5, 5.41) is 2.70. The van der Waals surface area contributed by atoms with E-state index >= 15 is 0 Å². The molecule has 32 heavy (non-hydrogen) atoms. The fraction of sp³-hybridized carbons (Fsp3) is 0.407. The van der Waals surface area contributed by atoms with Gasteiger partial charge in [-0.05, 0) is 75.6 Å². The maximum Gasteiger partial charge on any atom is 0.412 e. The summed E-state index contributed by atoms with van der Waals surface area (Å²) in [7, 11) is 0. The summed E-state index contributed by atoms with van der Waals surface area (Å²) in [6, 6.07) is 16.3. The summed E-state index contributed by atoms with van der Waals surface area (Å²) in [5.74, 6) is 0.344. The maximum absolute atomic E-state index is 13.8. The lowest BCUT2D eigenvalue weighted by molar-refractivity contribution is -0.116. The van der Waals surface area contributed by atoms with Gasteiger partial charge in [-0.15, -0.1) is 0 Å². The topological polar surface area (TPSA) is 58.6 Å². The van der Waals surface area contributed by atoms with Crippen molar-refractivity contribution in [2.45, 2.75) is 70.9 Å². The molecule has 0 spiro atoms. The van der Waals surface area contributed by atoms with Gasteiger partial charge in [-0.25, -0.2) is 4.79 Å². The van der Waals surface area contributed by atoms with E-state index in [1.807, 2.05) is 42.2 Å². The predicted molar refractivity (Wildman–Crippen MR) is 127 cm³/mol. The SMILES string of the molecule is C[C@@H](c1ccccc1)N1C(=O)C(NC(=O)OC(C)(C)C)=CCc2ccc(C3CCC3)cc21. The predicted octanol–water partition coefficient (Wildman–Crippen LogP) is 6.01. The van der Waals surface area contributed by atoms with Crippen LogP contribution in [0.2, 0.25) is 0 Å². The van der Waals surface area contributed by atoms with Gasteiger partial charge in [0.05, 0.1) is 6.04 Å². The van der Waals surface area contributed by atoms with Crippen LogP contribution in [-0.4, -0.2) is 17.6 Å². The molecule has 2 amide bonds. The van der Waals surface area contributed by atoms with Gasteiger partial charge in [0.25, 0.3) is 5.91 Å². The van der Waals surface area contributed by atoms with E-state index < -0.39 is 11.7 Å². The Balaban J connectivity index is 1.71. The lowest BCUT2D eigenvalue weighted by atomic mass is 9.79. The van der Waals surface area contributed by atoms with Gasteiger partial charge in [0.15, 0.2) is 0 Å². The second-order valence-electron chi connectivity index (χ2n) is 9.73. The van der Waals surface area contributed by atoms with Gasteiger partial charge in [0.1, 0.15) is 11.3 Å². The van der Waals surface area contributed by atoms with Crippen LogP contribution in [0.3, 0.4) is 0 Å². The van der Waals surface area contributed by atoms with Crippen LogP contribution in [-0.2, 0) is 16.0 Å². The Hall–Kier alpha value is -3.08. The smallest absolute Gasteiger partial charge is 0.412 e. The second kappa shape index (κ2) is 8.81. The normalized spacial score (nSPS) is 17.6. The molecule has 2 aromatic rings. The summed E-state index contributed by atoms with van der Waals surface area (Å²) in [4.78, 5) is 28.0. The molecule has 0 bridgehead atoms. The largest absolute Gasteiger partial charge is 0.444 e. The molecule has 1 atom stereocenters. The van der Waals surface area contributed by atoms with Crippen LogP contribution in [0.15, 0.2) is 60.3 Å². The van der Waals surface area contributed by atoms with Crippen molar-refractivity contribution in [1.82, 2.24) is 5.32 Å². The Bertz CT molecular complexity index is 1030. The molecular formula is C27H32N2O3. The van der Waals surface area contributed by atoms with E-state index in [2.05, 4.69) is 23.5 Å². The van der Waals surface area contributed by atoms with E-state index in [0.717, 1.165) is 16.8 Å². The first kappa shape index (κ1) is 22.1. The highest BCUT2D eigenvalue weighted by Gasteiger charge is 2.32. The molecule has 1 aliphatic heterocycles. The first-order valence-corrected chi connectivity index (χ1v) is 11.4. The van der Waals surface area contributed by atoms with Crippen LogP contribution >= 0.6 is 0 Å². The minimum atomic E-state index is -0.643. The molecule has 0 unspecified atom stereocenters. The summed E-state index contributed by atoms with van der Waals surface area (Å²) in [6.07, 6.45) is 5.40. The summed E-state index contributed by atoms with van der Waals surface area (Å²) >= 11 is 0. The van der Waals surface area contributed by atoms with E-state index in [1.54, 1.807) is 26.8 Å². The van der Waals surface area contributed by atoms with Crippen molar-refractivity contribution in [3.8, 4) is 0 Å². The first-order valence-electron chi connectivity index (χ1n) is 11.4. The molecule has 4 rings (SSSR count). The van der Waals surface area contributed by atoms with Crippen LogP contribution in [0.5, 0.6) is 0 Å². The number of allylic oxidation sites excluding steroid dienone is 1. The van der Waals surface area contributed by atoms with Crippen molar-refractivity contribution < 1.29 is 14.3 Å². The molecule has 5 heteroatoms. The lowest BCUT2D eigenvalue weighted by Crippen LogP contribution is -2.41. The number of amides is 2. The Labute approximate surface area is 190 Å². The number of alkyl carbamates (subject to hydrolysis) is 1. The average molecular weight is 433 g/mol. The van der Waals surface area contributed by atoms with E-state index in [-0.39, 0.29) is 17.6 Å². The van der Waals surface area contributed by atoms with Gasteiger partial charge >= 0.3 is 6.09 Å². The van der Waals surface area contributed by atoms with Gasteiger partial charge in [-0.3, -0.25) is 15.0 Å². The zero-order chi connectivity index (χ0) is 22.9. The molecule has 5 nitrogen and oxygen atoms in total. The van der Waals surface area contributed by atoms with Gasteiger partial charge in [-0.1, -0.05) is 55.0 Å². The number of carbonyl (C=O) groups excluding carboxylic acids is 2. The van der Waals surface area contributed by atoms with Crippen molar-refractivity contribution in [2.24, 2.45) is 0 Å². The Morgan fingerprint density at radius 3 is 2.47 bits per heavy atom. The second-order valence-corrected chi connectivity index (χ2v) is 9.73. The average Bonchev–Trinajstić information content (AvgIpc) is 2.82. The number of benzene rings is 2. The monoisotopic (exact) mass is 432 g/mol. The van der Waals surface area contributed by atoms with E-state index in [1.165, 1.54) is 24.8 Å². The van der Waals surface area contributed by atoms with Crippen molar-refractivity contribution in [1.29, 1.82) is 0 Å². The fourth-order valence-corrected chi connectivity index (χ4v) is 4.29. The number of carbonyl (C=O) groups is 2. The summed E-state index contributed by atoms with van der Waals surface area (Å²) in [6.45, 7) is 7.44. The molecule has 0 saturated heterocycles. The van der Waals surface area contributed by atoms with E-state index in [9.17, 15) is 9.59 Å². The first-order chi connectivity index (χ1) is 15.2.